The minimum atomic E-state index is -4.06. The van der Waals surface area contributed by atoms with Crippen LogP contribution in [0.4, 0.5) is 13.2 Å². The molecule has 12 heavy (non-hydrogen) atoms. The van der Waals surface area contributed by atoms with Gasteiger partial charge in [0.2, 0.25) is 0 Å². The minimum Gasteiger partial charge on any atom is -0.327 e. The van der Waals surface area contributed by atoms with E-state index in [1.165, 1.54) is 0 Å². The maximum Gasteiger partial charge on any atom is 0.389 e. The van der Waals surface area contributed by atoms with E-state index in [-0.39, 0.29) is 12.0 Å². The van der Waals surface area contributed by atoms with Crippen molar-refractivity contribution in [2.75, 3.05) is 11.5 Å². The molecule has 0 spiro atoms. The molecule has 1 heterocycles. The maximum absolute atomic E-state index is 11.9. The Kier molecular flexibility index (Phi) is 3.29. The second-order valence-electron chi connectivity index (χ2n) is 3.11. The monoisotopic (exact) mass is 199 g/mol. The molecule has 0 bridgehead atoms. The first-order valence-corrected chi connectivity index (χ1v) is 5.04. The molecule has 0 aliphatic carbocycles. The van der Waals surface area contributed by atoms with Crippen LogP contribution in [0.5, 0.6) is 0 Å². The molecule has 1 nitrogen and oxygen atoms in total. The fraction of sp³-hybridized carbons (Fsp3) is 1.00. The van der Waals surface area contributed by atoms with Crippen molar-refractivity contribution in [3.63, 3.8) is 0 Å². The van der Waals surface area contributed by atoms with Crippen molar-refractivity contribution >= 4 is 11.8 Å². The Morgan fingerprint density at radius 2 is 2.08 bits per heavy atom. The van der Waals surface area contributed by atoms with E-state index in [9.17, 15) is 13.2 Å². The van der Waals surface area contributed by atoms with E-state index in [2.05, 4.69) is 0 Å². The topological polar surface area (TPSA) is 26.0 Å². The first-order chi connectivity index (χ1) is 5.49. The van der Waals surface area contributed by atoms with Crippen molar-refractivity contribution in [2.45, 2.75) is 25.1 Å². The lowest BCUT2D eigenvalue weighted by molar-refractivity contribution is -0.144. The molecule has 0 saturated carbocycles. The van der Waals surface area contributed by atoms with E-state index >= 15 is 0 Å². The summed E-state index contributed by atoms with van der Waals surface area (Å²) in [5.74, 6) is 1.08. The Bertz CT molecular complexity index is 148. The number of hydrogen-bond acceptors (Lipinski definition) is 2. The van der Waals surface area contributed by atoms with Crippen LogP contribution < -0.4 is 5.73 Å². The molecule has 0 aromatic carbocycles. The van der Waals surface area contributed by atoms with E-state index in [1.54, 1.807) is 11.8 Å². The number of nitrogens with two attached hydrogens (primary N) is 1. The van der Waals surface area contributed by atoms with Crippen molar-refractivity contribution in [2.24, 2.45) is 11.7 Å². The summed E-state index contributed by atoms with van der Waals surface area (Å²) in [6.45, 7) is 0. The van der Waals surface area contributed by atoms with E-state index in [0.29, 0.717) is 12.2 Å². The average Bonchev–Trinajstić information content (AvgIpc) is 1.91. The van der Waals surface area contributed by atoms with Gasteiger partial charge in [-0.25, -0.2) is 0 Å². The Morgan fingerprint density at radius 3 is 2.58 bits per heavy atom. The smallest absolute Gasteiger partial charge is 0.327 e. The van der Waals surface area contributed by atoms with Crippen molar-refractivity contribution in [1.82, 2.24) is 0 Å². The summed E-state index contributed by atoms with van der Waals surface area (Å²) < 4.78 is 35.8. The summed E-state index contributed by atoms with van der Waals surface area (Å²) in [7, 11) is 0. The predicted molar refractivity (Wildman–Crippen MR) is 44.1 cm³/mol. The highest BCUT2D eigenvalue weighted by molar-refractivity contribution is 7.99. The molecule has 2 N–H and O–H groups in total. The van der Waals surface area contributed by atoms with E-state index < -0.39 is 12.6 Å². The lowest BCUT2D eigenvalue weighted by atomic mass is 9.96. The highest BCUT2D eigenvalue weighted by Gasteiger charge is 2.35. The van der Waals surface area contributed by atoms with Crippen molar-refractivity contribution in [1.29, 1.82) is 0 Å². The molecule has 0 amide bonds. The Morgan fingerprint density at radius 1 is 1.42 bits per heavy atom. The first-order valence-electron chi connectivity index (χ1n) is 3.89. The molecule has 1 saturated heterocycles. The highest BCUT2D eigenvalue weighted by Crippen LogP contribution is 2.32. The fourth-order valence-electron chi connectivity index (χ4n) is 1.32. The van der Waals surface area contributed by atoms with E-state index in [4.69, 9.17) is 5.73 Å². The van der Waals surface area contributed by atoms with Crippen LogP contribution in [0.1, 0.15) is 12.8 Å². The Labute approximate surface area is 73.9 Å². The zero-order valence-corrected chi connectivity index (χ0v) is 7.42. The van der Waals surface area contributed by atoms with Crippen LogP contribution in [0.25, 0.3) is 0 Å². The van der Waals surface area contributed by atoms with Gasteiger partial charge in [0.25, 0.3) is 0 Å². The van der Waals surface area contributed by atoms with Gasteiger partial charge in [0.1, 0.15) is 0 Å². The molecule has 1 fully saturated rings. The zero-order chi connectivity index (χ0) is 9.19. The van der Waals surface area contributed by atoms with Crippen molar-refractivity contribution in [3.05, 3.63) is 0 Å². The molecule has 2 atom stereocenters. The van der Waals surface area contributed by atoms with Crippen LogP contribution in [0.15, 0.2) is 0 Å². The van der Waals surface area contributed by atoms with Gasteiger partial charge in [-0.3, -0.25) is 0 Å². The average molecular weight is 199 g/mol. The molecule has 1 aliphatic heterocycles. The van der Waals surface area contributed by atoms with Gasteiger partial charge in [0, 0.05) is 12.5 Å². The van der Waals surface area contributed by atoms with Crippen LogP contribution in [-0.4, -0.2) is 23.7 Å². The molecular formula is C7H12F3NS. The van der Waals surface area contributed by atoms with E-state index in [0.717, 1.165) is 5.75 Å². The van der Waals surface area contributed by atoms with Crippen LogP contribution in [-0.2, 0) is 0 Å². The molecule has 72 valence electrons. The predicted octanol–water partition coefficient (Wildman–Crippen LogP) is 2.02. The summed E-state index contributed by atoms with van der Waals surface area (Å²) in [6.07, 6.45) is -4.06. The lowest BCUT2D eigenvalue weighted by Crippen LogP contribution is -2.38. The molecule has 0 aromatic rings. The van der Waals surface area contributed by atoms with Gasteiger partial charge in [0.05, 0.1) is 0 Å². The summed E-state index contributed by atoms with van der Waals surface area (Å²) in [4.78, 5) is 0. The van der Waals surface area contributed by atoms with Crippen molar-refractivity contribution in [3.8, 4) is 0 Å². The van der Waals surface area contributed by atoms with Crippen LogP contribution in [0.3, 0.4) is 0 Å². The molecule has 1 aliphatic rings. The molecule has 0 radical (unpaired) electrons. The van der Waals surface area contributed by atoms with Gasteiger partial charge in [0.15, 0.2) is 0 Å². The Hall–Kier alpha value is 0.100. The van der Waals surface area contributed by atoms with Gasteiger partial charge in [-0.1, -0.05) is 0 Å². The number of rotatable bonds is 1. The standard InChI is InChI=1S/C7H12F3NS/c8-7(9,10)3-5-4-12-2-1-6(5)11/h5-6H,1-4,11H2. The molecule has 0 aromatic heterocycles. The second kappa shape index (κ2) is 3.87. The summed E-state index contributed by atoms with van der Waals surface area (Å²) in [5.41, 5.74) is 5.57. The number of hydrogen-bond donors (Lipinski definition) is 1. The maximum atomic E-state index is 11.9. The largest absolute Gasteiger partial charge is 0.389 e. The molecular weight excluding hydrogens is 187 g/mol. The van der Waals surface area contributed by atoms with Crippen LogP contribution in [0.2, 0.25) is 0 Å². The summed E-state index contributed by atoms with van der Waals surface area (Å²) >= 11 is 1.57. The van der Waals surface area contributed by atoms with E-state index in [1.807, 2.05) is 0 Å². The minimum absolute atomic E-state index is 0.257. The molecule has 5 heteroatoms. The molecule has 2 unspecified atom stereocenters. The third-order valence-electron chi connectivity index (χ3n) is 2.03. The number of thioether (sulfide) groups is 1. The number of alkyl halides is 3. The van der Waals surface area contributed by atoms with Crippen LogP contribution in [0, 0.1) is 5.92 Å². The van der Waals surface area contributed by atoms with Gasteiger partial charge in [-0.15, -0.1) is 0 Å². The summed E-state index contributed by atoms with van der Waals surface area (Å²) in [6, 6.07) is -0.257. The fourth-order valence-corrected chi connectivity index (χ4v) is 2.59. The van der Waals surface area contributed by atoms with Gasteiger partial charge >= 0.3 is 6.18 Å². The van der Waals surface area contributed by atoms with Gasteiger partial charge in [-0.05, 0) is 23.8 Å². The quantitative estimate of drug-likeness (QED) is 0.699. The Balaban J connectivity index is 2.39. The zero-order valence-electron chi connectivity index (χ0n) is 6.60. The van der Waals surface area contributed by atoms with Crippen LogP contribution >= 0.6 is 11.8 Å². The normalized spacial score (nSPS) is 32.0. The van der Waals surface area contributed by atoms with Gasteiger partial charge < -0.3 is 5.73 Å². The lowest BCUT2D eigenvalue weighted by Gasteiger charge is -2.28. The first kappa shape index (κ1) is 10.2. The third kappa shape index (κ3) is 3.23. The SMILES string of the molecule is NC1CCSCC1CC(F)(F)F. The summed E-state index contributed by atoms with van der Waals surface area (Å²) in [5, 5.41) is 0. The highest BCUT2D eigenvalue weighted by atomic mass is 32.2. The van der Waals surface area contributed by atoms with Crippen molar-refractivity contribution < 1.29 is 13.2 Å². The number of halogens is 3. The second-order valence-corrected chi connectivity index (χ2v) is 4.26. The van der Waals surface area contributed by atoms with Gasteiger partial charge in [-0.2, -0.15) is 24.9 Å². The molecule has 1 rings (SSSR count). The third-order valence-corrected chi connectivity index (χ3v) is 3.21.